The molecule has 2 aliphatic rings. The number of ether oxygens (including phenoxy) is 1. The molecule has 0 aliphatic carbocycles. The maximum absolute atomic E-state index is 11.7. The number of carboxylic acids is 1. The van der Waals surface area contributed by atoms with E-state index in [1.54, 1.807) is 6.07 Å². The van der Waals surface area contributed by atoms with Crippen LogP contribution in [0.25, 0.3) is 0 Å². The number of nitrogens with zero attached hydrogens (tertiary/aromatic N) is 2. The number of aromatic amines is 1. The van der Waals surface area contributed by atoms with Crippen LogP contribution < -0.4 is 9.39 Å². The summed E-state index contributed by atoms with van der Waals surface area (Å²) in [5.74, 6) is -0.586. The van der Waals surface area contributed by atoms with Crippen LogP contribution in [0.5, 0.6) is 11.5 Å². The number of carboxylic acid groups (broad SMARTS) is 1. The molecule has 0 unspecified atom stereocenters. The van der Waals surface area contributed by atoms with Gasteiger partial charge in [0.25, 0.3) is 0 Å². The first-order valence-electron chi connectivity index (χ1n) is 8.70. The summed E-state index contributed by atoms with van der Waals surface area (Å²) in [4.78, 5) is 14.0. The highest BCUT2D eigenvalue weighted by atomic mass is 16.5. The molecule has 0 amide bonds. The Morgan fingerprint density at radius 1 is 1.46 bits per heavy atom. The lowest BCUT2D eigenvalue weighted by molar-refractivity contribution is 0.0196. The van der Waals surface area contributed by atoms with Crippen molar-refractivity contribution in [2.75, 3.05) is 19.6 Å². The fraction of sp³-hybridized carbons (Fsp3) is 0.412. The first kappa shape index (κ1) is 16.9. The van der Waals surface area contributed by atoms with Crippen LogP contribution in [0.3, 0.4) is 0 Å². The average Bonchev–Trinajstić information content (AvgIpc) is 3.09. The fourth-order valence-electron chi connectivity index (χ4n) is 3.37. The second kappa shape index (κ2) is 7.01. The molecule has 1 saturated heterocycles. The lowest BCUT2D eigenvalue weighted by Gasteiger charge is -2.39. The third-order valence-corrected chi connectivity index (χ3v) is 4.82. The number of aryl methyl sites for hydroxylation is 1. The van der Waals surface area contributed by atoms with Crippen molar-refractivity contribution in [1.29, 1.82) is 0 Å². The molecule has 0 spiro atoms. The Bertz CT molecular complexity index is 792. The third-order valence-electron chi connectivity index (χ3n) is 4.82. The van der Waals surface area contributed by atoms with E-state index in [0.29, 0.717) is 18.5 Å². The highest BCUT2D eigenvalue weighted by molar-refractivity contribution is 6.44. The molecule has 0 bridgehead atoms. The summed E-state index contributed by atoms with van der Waals surface area (Å²) in [6.07, 6.45) is 5.60. The van der Waals surface area contributed by atoms with Gasteiger partial charge in [-0.25, -0.2) is 4.79 Å². The van der Waals surface area contributed by atoms with Gasteiger partial charge in [0.1, 0.15) is 23.2 Å². The molecule has 8 nitrogen and oxygen atoms in total. The van der Waals surface area contributed by atoms with Gasteiger partial charge >= 0.3 is 13.1 Å². The molecule has 2 aromatic rings. The first-order valence-corrected chi connectivity index (χ1v) is 8.70. The van der Waals surface area contributed by atoms with Crippen LogP contribution in [0.1, 0.15) is 21.5 Å². The topological polar surface area (TPSA) is 108 Å². The minimum atomic E-state index is -1.11. The van der Waals surface area contributed by atoms with Gasteiger partial charge in [-0.3, -0.25) is 10.00 Å². The number of benzene rings is 1. The van der Waals surface area contributed by atoms with Gasteiger partial charge in [0, 0.05) is 25.8 Å². The Morgan fingerprint density at radius 3 is 3.04 bits per heavy atom. The van der Waals surface area contributed by atoms with Gasteiger partial charge in [0.05, 0.1) is 6.20 Å². The number of hydrogen-bond donors (Lipinski definition) is 3. The molecule has 3 N–H and O–H groups in total. The molecule has 1 fully saturated rings. The van der Waals surface area contributed by atoms with E-state index in [0.717, 1.165) is 37.2 Å². The largest absolute Gasteiger partial charge is 0.535 e. The number of aromatic nitrogens is 2. The molecular weight excluding hydrogens is 337 g/mol. The number of carbonyl (C=O) groups is 1. The Balaban J connectivity index is 1.39. The second-order valence-corrected chi connectivity index (χ2v) is 6.70. The SMILES string of the molecule is O=C(O)c1c(OC2CN(CCc3cn[nH]c3)C2)ccc2c1OB(O)CC2. The fourth-order valence-corrected chi connectivity index (χ4v) is 3.37. The number of H-pyrrole nitrogens is 1. The normalized spacial score (nSPS) is 17.3. The third kappa shape index (κ3) is 3.40. The van der Waals surface area contributed by atoms with Gasteiger partial charge in [0.2, 0.25) is 0 Å². The summed E-state index contributed by atoms with van der Waals surface area (Å²) in [5, 5.41) is 26.0. The van der Waals surface area contributed by atoms with Crippen LogP contribution in [0.2, 0.25) is 6.32 Å². The van der Waals surface area contributed by atoms with E-state index >= 15 is 0 Å². The van der Waals surface area contributed by atoms with Crippen molar-refractivity contribution in [3.05, 3.63) is 41.2 Å². The quantitative estimate of drug-likeness (QED) is 0.657. The zero-order chi connectivity index (χ0) is 18.1. The summed E-state index contributed by atoms with van der Waals surface area (Å²) in [6.45, 7) is 2.40. The van der Waals surface area contributed by atoms with Gasteiger partial charge in [-0.1, -0.05) is 6.07 Å². The van der Waals surface area contributed by atoms with Gasteiger partial charge in [0.15, 0.2) is 0 Å². The molecule has 0 saturated carbocycles. The number of hydrogen-bond acceptors (Lipinski definition) is 6. The molecule has 1 aromatic carbocycles. The van der Waals surface area contributed by atoms with E-state index < -0.39 is 13.1 Å². The lowest BCUT2D eigenvalue weighted by Crippen LogP contribution is -2.54. The highest BCUT2D eigenvalue weighted by Crippen LogP contribution is 2.37. The van der Waals surface area contributed by atoms with E-state index in [4.69, 9.17) is 9.39 Å². The van der Waals surface area contributed by atoms with Crippen molar-refractivity contribution in [2.45, 2.75) is 25.3 Å². The summed E-state index contributed by atoms with van der Waals surface area (Å²) < 4.78 is 11.3. The molecule has 0 atom stereocenters. The standard InChI is InChI=1S/C17H20BN3O5/c22-17(23)15-14(2-1-12-3-5-18(24)26-16(12)15)25-13-9-21(10-13)6-4-11-7-19-20-8-11/h1-2,7-8,13,24H,3-6,9-10H2,(H,19,20)(H,22,23). The van der Waals surface area contributed by atoms with E-state index in [2.05, 4.69) is 15.1 Å². The number of fused-ring (bicyclic) bond motifs is 1. The number of nitrogens with one attached hydrogen (secondary N) is 1. The smallest absolute Gasteiger partial charge is 0.522 e. The van der Waals surface area contributed by atoms with Crippen molar-refractivity contribution < 1.29 is 24.3 Å². The second-order valence-electron chi connectivity index (χ2n) is 6.70. The highest BCUT2D eigenvalue weighted by Gasteiger charge is 2.33. The average molecular weight is 357 g/mol. The monoisotopic (exact) mass is 357 g/mol. The van der Waals surface area contributed by atoms with Crippen molar-refractivity contribution in [1.82, 2.24) is 15.1 Å². The van der Waals surface area contributed by atoms with Gasteiger partial charge in [-0.05, 0) is 36.4 Å². The summed E-state index contributed by atoms with van der Waals surface area (Å²) >= 11 is 0. The zero-order valence-corrected chi connectivity index (χ0v) is 14.2. The molecular formula is C17H20BN3O5. The van der Waals surface area contributed by atoms with E-state index in [1.807, 2.05) is 18.5 Å². The van der Waals surface area contributed by atoms with Crippen LogP contribution in [0.4, 0.5) is 0 Å². The van der Waals surface area contributed by atoms with Gasteiger partial charge in [-0.2, -0.15) is 5.10 Å². The molecule has 2 aliphatic heterocycles. The van der Waals surface area contributed by atoms with Crippen LogP contribution in [0, 0.1) is 0 Å². The van der Waals surface area contributed by atoms with Crippen LogP contribution in [0.15, 0.2) is 24.5 Å². The number of rotatable bonds is 6. The Morgan fingerprint density at radius 2 is 2.31 bits per heavy atom. The van der Waals surface area contributed by atoms with E-state index in [9.17, 15) is 14.9 Å². The Hall–Kier alpha value is -2.52. The molecule has 0 radical (unpaired) electrons. The predicted octanol–water partition coefficient (Wildman–Crippen LogP) is 0.829. The molecule has 1 aromatic heterocycles. The summed E-state index contributed by atoms with van der Waals surface area (Å²) in [6, 6.07) is 3.51. The summed E-state index contributed by atoms with van der Waals surface area (Å²) in [7, 11) is -0.974. The van der Waals surface area contributed by atoms with Crippen molar-refractivity contribution in [2.24, 2.45) is 0 Å². The Labute approximate surface area is 150 Å². The Kier molecular flexibility index (Phi) is 4.56. The molecule has 9 heteroatoms. The maximum atomic E-state index is 11.7. The van der Waals surface area contributed by atoms with Gasteiger partial charge < -0.3 is 19.5 Å². The number of aromatic carboxylic acids is 1. The van der Waals surface area contributed by atoms with Gasteiger partial charge in [-0.15, -0.1) is 0 Å². The van der Waals surface area contributed by atoms with Crippen molar-refractivity contribution in [3.8, 4) is 11.5 Å². The van der Waals surface area contributed by atoms with Crippen LogP contribution in [-0.4, -0.2) is 64.1 Å². The van der Waals surface area contributed by atoms with E-state index in [1.165, 1.54) is 0 Å². The molecule has 3 heterocycles. The number of likely N-dealkylation sites (tertiary alicyclic amines) is 1. The minimum Gasteiger partial charge on any atom is -0.535 e. The minimum absolute atomic E-state index is 0.00176. The lowest BCUT2D eigenvalue weighted by atomic mass is 9.78. The van der Waals surface area contributed by atoms with Crippen LogP contribution >= 0.6 is 0 Å². The van der Waals surface area contributed by atoms with Crippen LogP contribution in [-0.2, 0) is 12.8 Å². The molecule has 136 valence electrons. The van der Waals surface area contributed by atoms with E-state index in [-0.39, 0.29) is 17.4 Å². The maximum Gasteiger partial charge on any atom is 0.522 e. The molecule has 26 heavy (non-hydrogen) atoms. The zero-order valence-electron chi connectivity index (χ0n) is 14.2. The molecule has 4 rings (SSSR count). The predicted molar refractivity (Wildman–Crippen MR) is 93.7 cm³/mol. The van der Waals surface area contributed by atoms with Crippen molar-refractivity contribution in [3.63, 3.8) is 0 Å². The van der Waals surface area contributed by atoms with Crippen molar-refractivity contribution >= 4 is 13.1 Å². The summed E-state index contributed by atoms with van der Waals surface area (Å²) in [5.41, 5.74) is 1.95. The first-order chi connectivity index (χ1) is 12.6.